The van der Waals surface area contributed by atoms with Crippen molar-refractivity contribution in [3.8, 4) is 23.0 Å². The van der Waals surface area contributed by atoms with Gasteiger partial charge in [-0.3, -0.25) is 4.79 Å². The van der Waals surface area contributed by atoms with Crippen molar-refractivity contribution < 1.29 is 33.6 Å². The Morgan fingerprint density at radius 1 is 1.10 bits per heavy atom. The summed E-state index contributed by atoms with van der Waals surface area (Å²) in [6.07, 6.45) is 2.94. The van der Waals surface area contributed by atoms with Crippen LogP contribution in [-0.4, -0.2) is 38.2 Å². The highest BCUT2D eigenvalue weighted by atomic mass is 16.5. The molecule has 2 aromatic rings. The third-order valence-corrected chi connectivity index (χ3v) is 4.63. The van der Waals surface area contributed by atoms with E-state index in [1.54, 1.807) is 24.3 Å². The van der Waals surface area contributed by atoms with E-state index in [9.17, 15) is 14.7 Å². The molecule has 0 aliphatic carbocycles. The van der Waals surface area contributed by atoms with Crippen molar-refractivity contribution in [2.24, 2.45) is 0 Å². The Morgan fingerprint density at radius 3 is 2.41 bits per heavy atom. The van der Waals surface area contributed by atoms with Crippen LogP contribution >= 0.6 is 0 Å². The van der Waals surface area contributed by atoms with E-state index in [0.717, 1.165) is 6.42 Å². The van der Waals surface area contributed by atoms with Gasteiger partial charge in [0.2, 0.25) is 11.5 Å². The largest absolute Gasteiger partial charge is 0.493 e. The van der Waals surface area contributed by atoms with Crippen LogP contribution in [0.3, 0.4) is 0 Å². The predicted octanol–water partition coefficient (Wildman–Crippen LogP) is 3.98. The zero-order chi connectivity index (χ0) is 21.1. The highest BCUT2D eigenvalue weighted by Crippen LogP contribution is 2.42. The minimum atomic E-state index is -1.09. The molecule has 1 N–H and O–H groups in total. The number of hydrogen-bond donors (Lipinski definition) is 1. The van der Waals surface area contributed by atoms with E-state index in [4.69, 9.17) is 18.9 Å². The van der Waals surface area contributed by atoms with Crippen LogP contribution in [0.1, 0.15) is 45.2 Å². The van der Waals surface area contributed by atoms with Crippen molar-refractivity contribution in [2.45, 2.75) is 19.8 Å². The second-order valence-corrected chi connectivity index (χ2v) is 6.43. The summed E-state index contributed by atoms with van der Waals surface area (Å²) in [6, 6.07) is 6.33. The van der Waals surface area contributed by atoms with Gasteiger partial charge in [-0.05, 0) is 42.3 Å². The number of aryl methyl sites for hydroxylation is 1. The molecule has 7 heteroatoms. The number of ether oxygens (including phenoxy) is 4. The Labute approximate surface area is 168 Å². The molecule has 3 rings (SSSR count). The number of carbonyl (C=O) groups excluding carboxylic acids is 1. The summed E-state index contributed by atoms with van der Waals surface area (Å²) in [6.45, 7) is 1.97. The van der Waals surface area contributed by atoms with Gasteiger partial charge in [0, 0.05) is 5.56 Å². The van der Waals surface area contributed by atoms with Crippen molar-refractivity contribution in [1.29, 1.82) is 0 Å². The molecular formula is C22H22O7. The summed E-state index contributed by atoms with van der Waals surface area (Å²) >= 11 is 0. The van der Waals surface area contributed by atoms with E-state index in [-0.39, 0.29) is 22.7 Å². The molecule has 1 heterocycles. The van der Waals surface area contributed by atoms with Crippen LogP contribution in [0, 0.1) is 0 Å². The van der Waals surface area contributed by atoms with Crippen LogP contribution in [0.2, 0.25) is 0 Å². The minimum Gasteiger partial charge on any atom is -0.493 e. The summed E-state index contributed by atoms with van der Waals surface area (Å²) in [7, 11) is 4.50. The number of Topliss-reactive ketones (excluding diaryl/α,β-unsaturated/α-hetero) is 1. The van der Waals surface area contributed by atoms with Crippen LogP contribution in [0.5, 0.6) is 23.0 Å². The fraction of sp³-hybridized carbons (Fsp3) is 0.273. The van der Waals surface area contributed by atoms with Crippen LogP contribution in [0.25, 0.3) is 6.08 Å². The van der Waals surface area contributed by atoms with E-state index in [2.05, 4.69) is 0 Å². The molecule has 0 radical (unpaired) electrons. The first-order chi connectivity index (χ1) is 13.9. The average Bonchev–Trinajstić information content (AvgIpc) is 3.03. The number of carboxylic acid groups (broad SMARTS) is 1. The monoisotopic (exact) mass is 398 g/mol. The van der Waals surface area contributed by atoms with Crippen LogP contribution in [-0.2, 0) is 6.42 Å². The summed E-state index contributed by atoms with van der Waals surface area (Å²) in [5, 5.41) is 9.36. The quantitative estimate of drug-likeness (QED) is 0.706. The molecule has 0 saturated carbocycles. The van der Waals surface area contributed by atoms with E-state index in [0.29, 0.717) is 40.5 Å². The highest BCUT2D eigenvalue weighted by Gasteiger charge is 2.31. The molecule has 0 bridgehead atoms. The first kappa shape index (κ1) is 20.3. The molecule has 0 fully saturated rings. The first-order valence-electron chi connectivity index (χ1n) is 9.08. The molecule has 0 aromatic heterocycles. The third kappa shape index (κ3) is 3.63. The van der Waals surface area contributed by atoms with Gasteiger partial charge in [-0.15, -0.1) is 0 Å². The van der Waals surface area contributed by atoms with Crippen molar-refractivity contribution >= 4 is 17.8 Å². The Balaban J connectivity index is 2.10. The molecule has 29 heavy (non-hydrogen) atoms. The zero-order valence-electron chi connectivity index (χ0n) is 16.7. The van der Waals surface area contributed by atoms with Gasteiger partial charge in [0.15, 0.2) is 17.3 Å². The van der Waals surface area contributed by atoms with E-state index >= 15 is 0 Å². The number of methoxy groups -OCH3 is 3. The Hall–Kier alpha value is -3.48. The van der Waals surface area contributed by atoms with Crippen molar-refractivity contribution in [2.75, 3.05) is 21.3 Å². The lowest BCUT2D eigenvalue weighted by Gasteiger charge is -2.14. The molecule has 0 atom stereocenters. The molecule has 1 aliphatic rings. The zero-order valence-corrected chi connectivity index (χ0v) is 16.7. The van der Waals surface area contributed by atoms with Gasteiger partial charge in [-0.1, -0.05) is 13.3 Å². The van der Waals surface area contributed by atoms with E-state index in [1.165, 1.54) is 27.4 Å². The lowest BCUT2D eigenvalue weighted by atomic mass is 9.99. The highest BCUT2D eigenvalue weighted by molar-refractivity contribution is 6.15. The fourth-order valence-electron chi connectivity index (χ4n) is 3.32. The number of fused-ring (bicyclic) bond motifs is 1. The summed E-state index contributed by atoms with van der Waals surface area (Å²) < 4.78 is 22.0. The van der Waals surface area contributed by atoms with Crippen LogP contribution in [0.4, 0.5) is 0 Å². The molecule has 2 aromatic carbocycles. The van der Waals surface area contributed by atoms with Gasteiger partial charge in [0.25, 0.3) is 0 Å². The summed E-state index contributed by atoms with van der Waals surface area (Å²) in [5.41, 5.74) is 1.57. The van der Waals surface area contributed by atoms with Gasteiger partial charge >= 0.3 is 5.97 Å². The first-order valence-corrected chi connectivity index (χ1v) is 9.08. The SMILES string of the molecule is CCCc1cc(C(=O)O)cc2c1OC(=Cc1ccc(OC)c(OC)c1OC)C2=O. The third-order valence-electron chi connectivity index (χ3n) is 4.63. The second-order valence-electron chi connectivity index (χ2n) is 6.43. The van der Waals surface area contributed by atoms with Gasteiger partial charge < -0.3 is 24.1 Å². The average molecular weight is 398 g/mol. The maximum Gasteiger partial charge on any atom is 0.335 e. The Kier molecular flexibility index (Phi) is 5.77. The van der Waals surface area contributed by atoms with E-state index < -0.39 is 5.97 Å². The molecule has 0 amide bonds. The molecule has 1 aliphatic heterocycles. The van der Waals surface area contributed by atoms with Gasteiger partial charge in [0.05, 0.1) is 32.5 Å². The number of aromatic carboxylic acids is 1. The van der Waals surface area contributed by atoms with Gasteiger partial charge in [0.1, 0.15) is 5.75 Å². The number of carboxylic acids is 1. The van der Waals surface area contributed by atoms with Crippen LogP contribution < -0.4 is 18.9 Å². The second kappa shape index (κ2) is 8.26. The summed E-state index contributed by atoms with van der Waals surface area (Å²) in [5.74, 6) is 0.316. The number of allylic oxidation sites excluding steroid dienone is 1. The predicted molar refractivity (Wildman–Crippen MR) is 106 cm³/mol. The van der Waals surface area contributed by atoms with Gasteiger partial charge in [-0.25, -0.2) is 4.79 Å². The molecule has 0 spiro atoms. The number of carbonyl (C=O) groups is 2. The Bertz CT molecular complexity index is 1000. The normalized spacial score (nSPS) is 13.8. The molecular weight excluding hydrogens is 376 g/mol. The number of rotatable bonds is 7. The number of hydrogen-bond acceptors (Lipinski definition) is 6. The lowest BCUT2D eigenvalue weighted by Crippen LogP contribution is -2.02. The van der Waals surface area contributed by atoms with Crippen molar-refractivity contribution in [3.05, 3.63) is 52.3 Å². The number of ketones is 1. The maximum atomic E-state index is 12.9. The standard InChI is InChI=1S/C22H22O7/c1-5-6-12-9-14(22(24)25)10-15-18(23)17(29-19(12)15)11-13-7-8-16(26-2)21(28-4)20(13)27-3/h7-11H,5-6H2,1-4H3,(H,24,25). The van der Waals surface area contributed by atoms with Gasteiger partial charge in [-0.2, -0.15) is 0 Å². The molecule has 0 unspecified atom stereocenters. The topological polar surface area (TPSA) is 91.3 Å². The van der Waals surface area contributed by atoms with Crippen LogP contribution in [0.15, 0.2) is 30.0 Å². The van der Waals surface area contributed by atoms with Crippen molar-refractivity contribution in [1.82, 2.24) is 0 Å². The maximum absolute atomic E-state index is 12.9. The minimum absolute atomic E-state index is 0.0640. The molecule has 7 nitrogen and oxygen atoms in total. The van der Waals surface area contributed by atoms with Crippen molar-refractivity contribution in [3.63, 3.8) is 0 Å². The lowest BCUT2D eigenvalue weighted by molar-refractivity contribution is 0.0696. The van der Waals surface area contributed by atoms with E-state index in [1.807, 2.05) is 6.92 Å². The fourth-order valence-corrected chi connectivity index (χ4v) is 3.32. The molecule has 152 valence electrons. The smallest absolute Gasteiger partial charge is 0.335 e. The Morgan fingerprint density at radius 2 is 1.83 bits per heavy atom. The summed E-state index contributed by atoms with van der Waals surface area (Å²) in [4.78, 5) is 24.4. The molecule has 0 saturated heterocycles. The number of benzene rings is 2.